The Bertz CT molecular complexity index is 402. The maximum Gasteiger partial charge on any atom is 0.254 e. The van der Waals surface area contributed by atoms with Crippen LogP contribution < -0.4 is 0 Å². The van der Waals surface area contributed by atoms with Gasteiger partial charge in [0.1, 0.15) is 0 Å². The van der Waals surface area contributed by atoms with Crippen molar-refractivity contribution in [1.82, 2.24) is 4.90 Å². The number of nitrogens with zero attached hydrogens (tertiary/aromatic N) is 1. The standard InChI is InChI=1S/C12H13ClINO/c13-9-4-5-10(11(14)8-9)12(16)15-6-2-1-3-7-15/h4-5,8H,1-3,6-7H2. The first-order valence-corrected chi connectivity index (χ1v) is 6.88. The van der Waals surface area contributed by atoms with Crippen molar-refractivity contribution in [2.24, 2.45) is 0 Å². The molecule has 0 bridgehead atoms. The Hall–Kier alpha value is -0.290. The van der Waals surface area contributed by atoms with E-state index in [9.17, 15) is 4.79 Å². The van der Waals surface area contributed by atoms with Crippen LogP contribution in [-0.4, -0.2) is 23.9 Å². The van der Waals surface area contributed by atoms with Gasteiger partial charge in [0, 0.05) is 21.7 Å². The molecular formula is C12H13ClINO. The molecule has 0 atom stereocenters. The lowest BCUT2D eigenvalue weighted by molar-refractivity contribution is 0.0723. The predicted molar refractivity (Wildman–Crippen MR) is 73.9 cm³/mol. The van der Waals surface area contributed by atoms with Gasteiger partial charge in [-0.3, -0.25) is 4.79 Å². The highest BCUT2D eigenvalue weighted by atomic mass is 127. The fourth-order valence-electron chi connectivity index (χ4n) is 1.93. The van der Waals surface area contributed by atoms with E-state index in [4.69, 9.17) is 11.6 Å². The highest BCUT2D eigenvalue weighted by molar-refractivity contribution is 14.1. The Morgan fingerprint density at radius 1 is 1.25 bits per heavy atom. The summed E-state index contributed by atoms with van der Waals surface area (Å²) in [6.07, 6.45) is 3.48. The molecule has 2 rings (SSSR count). The van der Waals surface area contributed by atoms with Gasteiger partial charge in [-0.15, -0.1) is 0 Å². The lowest BCUT2D eigenvalue weighted by Gasteiger charge is -2.27. The first-order chi connectivity index (χ1) is 7.68. The largest absolute Gasteiger partial charge is 0.339 e. The first kappa shape index (κ1) is 12.2. The van der Waals surface area contributed by atoms with Gasteiger partial charge >= 0.3 is 0 Å². The maximum absolute atomic E-state index is 12.2. The zero-order valence-corrected chi connectivity index (χ0v) is 11.8. The fraction of sp³-hybridized carbons (Fsp3) is 0.417. The number of carbonyl (C=O) groups is 1. The SMILES string of the molecule is O=C(c1ccc(Cl)cc1I)N1CCCCC1. The summed E-state index contributed by atoms with van der Waals surface area (Å²) in [6.45, 7) is 1.77. The van der Waals surface area contributed by atoms with Crippen molar-refractivity contribution in [1.29, 1.82) is 0 Å². The summed E-state index contributed by atoms with van der Waals surface area (Å²) in [5.74, 6) is 0.140. The fourth-order valence-corrected chi connectivity index (χ4v) is 3.03. The molecule has 1 aromatic rings. The molecule has 0 unspecified atom stereocenters. The third-order valence-electron chi connectivity index (χ3n) is 2.80. The van der Waals surface area contributed by atoms with Crippen LogP contribution in [0.25, 0.3) is 0 Å². The minimum atomic E-state index is 0.140. The van der Waals surface area contributed by atoms with Gasteiger partial charge in [0.05, 0.1) is 5.56 Å². The van der Waals surface area contributed by atoms with Crippen LogP contribution in [0.5, 0.6) is 0 Å². The Balaban J connectivity index is 2.19. The maximum atomic E-state index is 12.2. The second kappa shape index (κ2) is 5.36. The van der Waals surface area contributed by atoms with E-state index >= 15 is 0 Å². The number of piperidine rings is 1. The van der Waals surface area contributed by atoms with Crippen molar-refractivity contribution in [2.45, 2.75) is 19.3 Å². The van der Waals surface area contributed by atoms with Gasteiger partial charge in [-0.25, -0.2) is 0 Å². The summed E-state index contributed by atoms with van der Waals surface area (Å²) in [7, 11) is 0. The normalized spacial score (nSPS) is 16.2. The van der Waals surface area contributed by atoms with E-state index in [1.54, 1.807) is 6.07 Å². The lowest BCUT2D eigenvalue weighted by Crippen LogP contribution is -2.35. The number of carbonyl (C=O) groups excluding carboxylic acids is 1. The number of rotatable bonds is 1. The highest BCUT2D eigenvalue weighted by Crippen LogP contribution is 2.21. The Morgan fingerprint density at radius 2 is 1.94 bits per heavy atom. The zero-order valence-electron chi connectivity index (χ0n) is 8.88. The minimum absolute atomic E-state index is 0.140. The number of hydrogen-bond donors (Lipinski definition) is 0. The molecule has 0 N–H and O–H groups in total. The van der Waals surface area contributed by atoms with E-state index in [2.05, 4.69) is 22.6 Å². The number of hydrogen-bond acceptors (Lipinski definition) is 1. The number of amides is 1. The number of benzene rings is 1. The molecule has 1 aromatic carbocycles. The van der Waals surface area contributed by atoms with Crippen LogP contribution in [0.15, 0.2) is 18.2 Å². The van der Waals surface area contributed by atoms with E-state index < -0.39 is 0 Å². The summed E-state index contributed by atoms with van der Waals surface area (Å²) in [5, 5.41) is 0.680. The van der Waals surface area contributed by atoms with Crippen molar-refractivity contribution >= 4 is 40.1 Å². The van der Waals surface area contributed by atoms with Gasteiger partial charge in [-0.05, 0) is 60.1 Å². The average Bonchev–Trinajstić information content (AvgIpc) is 2.29. The molecule has 4 heteroatoms. The van der Waals surface area contributed by atoms with Crippen LogP contribution in [0.2, 0.25) is 5.02 Å². The Morgan fingerprint density at radius 3 is 2.56 bits per heavy atom. The summed E-state index contributed by atoms with van der Waals surface area (Å²) < 4.78 is 0.931. The monoisotopic (exact) mass is 349 g/mol. The zero-order chi connectivity index (χ0) is 11.5. The molecule has 0 saturated carbocycles. The second-order valence-corrected chi connectivity index (χ2v) is 5.58. The van der Waals surface area contributed by atoms with Crippen LogP contribution in [0.1, 0.15) is 29.6 Å². The van der Waals surface area contributed by atoms with Crippen LogP contribution >= 0.6 is 34.2 Å². The van der Waals surface area contributed by atoms with Gasteiger partial charge in [0.15, 0.2) is 0 Å². The van der Waals surface area contributed by atoms with Gasteiger partial charge < -0.3 is 4.90 Å². The Kier molecular flexibility index (Phi) is 4.08. The van der Waals surface area contributed by atoms with Gasteiger partial charge in [0.2, 0.25) is 0 Å². The molecule has 0 aliphatic carbocycles. The molecule has 1 amide bonds. The van der Waals surface area contributed by atoms with Crippen LogP contribution in [0.4, 0.5) is 0 Å². The van der Waals surface area contributed by atoms with Crippen LogP contribution in [0, 0.1) is 3.57 Å². The number of halogens is 2. The molecule has 2 nitrogen and oxygen atoms in total. The summed E-state index contributed by atoms with van der Waals surface area (Å²) >= 11 is 8.04. The Labute approximate surface area is 114 Å². The van der Waals surface area contributed by atoms with Gasteiger partial charge in [0.25, 0.3) is 5.91 Å². The van der Waals surface area contributed by atoms with Crippen molar-refractivity contribution < 1.29 is 4.79 Å². The molecule has 1 aliphatic heterocycles. The summed E-state index contributed by atoms with van der Waals surface area (Å²) in [4.78, 5) is 14.1. The van der Waals surface area contributed by atoms with E-state index in [-0.39, 0.29) is 5.91 Å². The third-order valence-corrected chi connectivity index (χ3v) is 3.93. The van der Waals surface area contributed by atoms with Crippen LogP contribution in [-0.2, 0) is 0 Å². The highest BCUT2D eigenvalue weighted by Gasteiger charge is 2.19. The van der Waals surface area contributed by atoms with E-state index in [1.165, 1.54) is 6.42 Å². The lowest BCUT2D eigenvalue weighted by atomic mass is 10.1. The molecule has 0 spiro atoms. The average molecular weight is 350 g/mol. The molecule has 0 aromatic heterocycles. The van der Waals surface area contributed by atoms with E-state index in [0.717, 1.165) is 35.1 Å². The molecule has 0 radical (unpaired) electrons. The summed E-state index contributed by atoms with van der Waals surface area (Å²) in [6, 6.07) is 5.43. The quantitative estimate of drug-likeness (QED) is 0.710. The van der Waals surface area contributed by atoms with Crippen molar-refractivity contribution in [2.75, 3.05) is 13.1 Å². The van der Waals surface area contributed by atoms with Crippen molar-refractivity contribution in [3.8, 4) is 0 Å². The van der Waals surface area contributed by atoms with Crippen molar-refractivity contribution in [3.05, 3.63) is 32.4 Å². The van der Waals surface area contributed by atoms with Gasteiger partial charge in [-0.2, -0.15) is 0 Å². The summed E-state index contributed by atoms with van der Waals surface area (Å²) in [5.41, 5.74) is 0.770. The predicted octanol–water partition coefficient (Wildman–Crippen LogP) is 3.57. The smallest absolute Gasteiger partial charge is 0.254 e. The molecule has 1 heterocycles. The second-order valence-electron chi connectivity index (χ2n) is 3.98. The third kappa shape index (κ3) is 2.69. The molecule has 1 fully saturated rings. The minimum Gasteiger partial charge on any atom is -0.339 e. The van der Waals surface area contributed by atoms with E-state index in [0.29, 0.717) is 5.02 Å². The molecule has 16 heavy (non-hydrogen) atoms. The molecule has 86 valence electrons. The topological polar surface area (TPSA) is 20.3 Å². The van der Waals surface area contributed by atoms with E-state index in [1.807, 2.05) is 17.0 Å². The van der Waals surface area contributed by atoms with Gasteiger partial charge in [-0.1, -0.05) is 11.6 Å². The molecule has 1 aliphatic rings. The first-order valence-electron chi connectivity index (χ1n) is 5.43. The molecule has 1 saturated heterocycles. The number of likely N-dealkylation sites (tertiary alicyclic amines) is 1. The van der Waals surface area contributed by atoms with Crippen LogP contribution in [0.3, 0.4) is 0 Å². The molecular weight excluding hydrogens is 336 g/mol. The van der Waals surface area contributed by atoms with Crippen molar-refractivity contribution in [3.63, 3.8) is 0 Å².